The minimum atomic E-state index is -4.59. The van der Waals surface area contributed by atoms with Crippen molar-refractivity contribution in [3.05, 3.63) is 29.3 Å². The summed E-state index contributed by atoms with van der Waals surface area (Å²) in [7, 11) is -4.59. The molecular formula is C10H10N2O6S. The van der Waals surface area contributed by atoms with Crippen LogP contribution in [0.5, 0.6) is 0 Å². The van der Waals surface area contributed by atoms with E-state index in [1.54, 1.807) is 0 Å². The van der Waals surface area contributed by atoms with E-state index < -0.39 is 28.8 Å². The molecule has 1 aromatic rings. The van der Waals surface area contributed by atoms with Gasteiger partial charge in [0.05, 0.1) is 24.3 Å². The number of nitrogen functional groups attached to an aromatic ring is 1. The second-order valence-corrected chi connectivity index (χ2v) is 4.91. The normalized spacial score (nSPS) is 14.9. The number of anilines is 1. The summed E-state index contributed by atoms with van der Waals surface area (Å²) in [6.45, 7) is -0.800. The Morgan fingerprint density at radius 2 is 1.84 bits per heavy atom. The summed E-state index contributed by atoms with van der Waals surface area (Å²) in [5.41, 5.74) is 6.23. The highest BCUT2D eigenvalue weighted by molar-refractivity contribution is 7.80. The number of benzene rings is 1. The molecule has 3 N–H and O–H groups in total. The summed E-state index contributed by atoms with van der Waals surface area (Å²) >= 11 is 0. The maximum Gasteiger partial charge on any atom is 0.397 e. The number of nitrogens with zero attached hydrogens (tertiary/aromatic N) is 1. The first-order valence-corrected chi connectivity index (χ1v) is 6.53. The average molecular weight is 286 g/mol. The van der Waals surface area contributed by atoms with Gasteiger partial charge in [-0.25, -0.2) is 4.18 Å². The maximum absolute atomic E-state index is 11.9. The SMILES string of the molecule is Nc1ccc2c(c1)C(=O)N(CCOS(=O)(=O)O)C2=O. The summed E-state index contributed by atoms with van der Waals surface area (Å²) in [6.07, 6.45) is 0. The number of carbonyl (C=O) groups excluding carboxylic acids is 2. The Labute approximate surface area is 108 Å². The molecule has 0 radical (unpaired) electrons. The van der Waals surface area contributed by atoms with E-state index in [1.807, 2.05) is 0 Å². The minimum absolute atomic E-state index is 0.164. The first-order valence-electron chi connectivity index (χ1n) is 5.17. The second kappa shape index (κ2) is 4.61. The largest absolute Gasteiger partial charge is 0.399 e. The smallest absolute Gasteiger partial charge is 0.397 e. The third-order valence-corrected chi connectivity index (χ3v) is 3.01. The molecule has 0 spiro atoms. The average Bonchev–Trinajstić information content (AvgIpc) is 2.52. The Balaban J connectivity index is 2.14. The molecule has 0 aromatic heterocycles. The monoisotopic (exact) mass is 286 g/mol. The molecular weight excluding hydrogens is 276 g/mol. The number of hydrogen-bond acceptors (Lipinski definition) is 6. The standard InChI is InChI=1S/C10H10N2O6S/c11-6-1-2-7-8(5-6)10(14)12(9(7)13)3-4-18-19(15,16)17/h1-2,5H,3-4,11H2,(H,15,16,17). The van der Waals surface area contributed by atoms with Crippen molar-refractivity contribution in [1.82, 2.24) is 4.90 Å². The Morgan fingerprint density at radius 3 is 2.47 bits per heavy atom. The Bertz CT molecular complexity index is 654. The quantitative estimate of drug-likeness (QED) is 0.441. The third-order valence-electron chi connectivity index (χ3n) is 2.54. The van der Waals surface area contributed by atoms with Gasteiger partial charge in [0.15, 0.2) is 0 Å². The van der Waals surface area contributed by atoms with Crippen LogP contribution in [0.25, 0.3) is 0 Å². The number of amides is 2. The number of imide groups is 1. The predicted molar refractivity (Wildman–Crippen MR) is 63.7 cm³/mol. The summed E-state index contributed by atoms with van der Waals surface area (Å²) < 4.78 is 33.2. The molecule has 9 heteroatoms. The zero-order valence-electron chi connectivity index (χ0n) is 9.57. The van der Waals surface area contributed by atoms with Crippen LogP contribution in [0.2, 0.25) is 0 Å². The fourth-order valence-electron chi connectivity index (χ4n) is 1.75. The van der Waals surface area contributed by atoms with Crippen LogP contribution in [0.3, 0.4) is 0 Å². The van der Waals surface area contributed by atoms with Crippen LogP contribution < -0.4 is 5.73 Å². The lowest BCUT2D eigenvalue weighted by Crippen LogP contribution is -2.33. The number of hydrogen-bond donors (Lipinski definition) is 2. The van der Waals surface area contributed by atoms with Gasteiger partial charge in [-0.15, -0.1) is 0 Å². The van der Waals surface area contributed by atoms with Crippen molar-refractivity contribution in [3.8, 4) is 0 Å². The molecule has 2 amide bonds. The summed E-state index contributed by atoms with van der Waals surface area (Å²) in [5, 5.41) is 0. The molecule has 1 aliphatic heterocycles. The Hall–Kier alpha value is -1.97. The molecule has 8 nitrogen and oxygen atoms in total. The van der Waals surface area contributed by atoms with Crippen LogP contribution >= 0.6 is 0 Å². The summed E-state index contributed by atoms with van der Waals surface area (Å²) in [4.78, 5) is 24.6. The first kappa shape index (κ1) is 13.5. The highest BCUT2D eigenvalue weighted by Crippen LogP contribution is 2.24. The predicted octanol–water partition coefficient (Wildman–Crippen LogP) is -0.316. The first-order chi connectivity index (χ1) is 8.79. The van der Waals surface area contributed by atoms with E-state index in [-0.39, 0.29) is 17.7 Å². The van der Waals surface area contributed by atoms with Crippen LogP contribution in [0.1, 0.15) is 20.7 Å². The molecule has 0 atom stereocenters. The molecule has 102 valence electrons. The van der Waals surface area contributed by atoms with Crippen LogP contribution in [-0.4, -0.2) is 42.8 Å². The van der Waals surface area contributed by atoms with Gasteiger partial charge in [0.2, 0.25) is 0 Å². The summed E-state index contributed by atoms with van der Waals surface area (Å²) in [5.74, 6) is -1.13. The van der Waals surface area contributed by atoms with Gasteiger partial charge in [-0.3, -0.25) is 19.0 Å². The van der Waals surface area contributed by atoms with E-state index >= 15 is 0 Å². The van der Waals surface area contributed by atoms with Crippen molar-refractivity contribution >= 4 is 27.9 Å². The molecule has 19 heavy (non-hydrogen) atoms. The molecule has 0 bridgehead atoms. The molecule has 2 rings (SSSR count). The van der Waals surface area contributed by atoms with Gasteiger partial charge in [0.25, 0.3) is 11.8 Å². The fraction of sp³-hybridized carbons (Fsp3) is 0.200. The highest BCUT2D eigenvalue weighted by atomic mass is 32.3. The highest BCUT2D eigenvalue weighted by Gasteiger charge is 2.35. The fourth-order valence-corrected chi connectivity index (χ4v) is 2.03. The van der Waals surface area contributed by atoms with E-state index in [1.165, 1.54) is 18.2 Å². The molecule has 0 saturated heterocycles. The van der Waals surface area contributed by atoms with E-state index in [2.05, 4.69) is 4.18 Å². The molecule has 0 fully saturated rings. The lowest BCUT2D eigenvalue weighted by molar-refractivity contribution is 0.0628. The van der Waals surface area contributed by atoms with Gasteiger partial charge >= 0.3 is 10.4 Å². The molecule has 0 aliphatic carbocycles. The lowest BCUT2D eigenvalue weighted by Gasteiger charge is -2.12. The van der Waals surface area contributed by atoms with Crippen LogP contribution in [0.15, 0.2) is 18.2 Å². The van der Waals surface area contributed by atoms with Gasteiger partial charge in [-0.05, 0) is 18.2 Å². The summed E-state index contributed by atoms with van der Waals surface area (Å²) in [6, 6.07) is 4.29. The van der Waals surface area contributed by atoms with Crippen molar-refractivity contribution in [2.45, 2.75) is 0 Å². The Morgan fingerprint density at radius 1 is 1.21 bits per heavy atom. The number of rotatable bonds is 4. The van der Waals surface area contributed by atoms with Crippen LogP contribution in [0.4, 0.5) is 5.69 Å². The van der Waals surface area contributed by atoms with E-state index in [4.69, 9.17) is 10.3 Å². The van der Waals surface area contributed by atoms with Gasteiger partial charge in [-0.1, -0.05) is 0 Å². The van der Waals surface area contributed by atoms with Gasteiger partial charge in [0.1, 0.15) is 0 Å². The number of nitrogens with two attached hydrogens (primary N) is 1. The van der Waals surface area contributed by atoms with Crippen LogP contribution in [-0.2, 0) is 14.6 Å². The van der Waals surface area contributed by atoms with Gasteiger partial charge < -0.3 is 5.73 Å². The van der Waals surface area contributed by atoms with Gasteiger partial charge in [-0.2, -0.15) is 8.42 Å². The maximum atomic E-state index is 11.9. The molecule has 0 saturated carbocycles. The van der Waals surface area contributed by atoms with Crippen molar-refractivity contribution in [2.75, 3.05) is 18.9 Å². The Kier molecular flexibility index (Phi) is 3.27. The van der Waals surface area contributed by atoms with E-state index in [0.717, 1.165) is 4.90 Å². The second-order valence-electron chi connectivity index (χ2n) is 3.82. The zero-order valence-corrected chi connectivity index (χ0v) is 10.4. The molecule has 0 unspecified atom stereocenters. The van der Waals surface area contributed by atoms with Crippen molar-refractivity contribution < 1.29 is 26.7 Å². The minimum Gasteiger partial charge on any atom is -0.399 e. The topological polar surface area (TPSA) is 127 Å². The molecule has 1 aromatic carbocycles. The van der Waals surface area contributed by atoms with E-state index in [0.29, 0.717) is 5.69 Å². The van der Waals surface area contributed by atoms with Crippen LogP contribution in [0, 0.1) is 0 Å². The van der Waals surface area contributed by atoms with Crippen molar-refractivity contribution in [1.29, 1.82) is 0 Å². The lowest BCUT2D eigenvalue weighted by atomic mass is 10.1. The van der Waals surface area contributed by atoms with Gasteiger partial charge in [0, 0.05) is 5.69 Å². The molecule has 1 heterocycles. The van der Waals surface area contributed by atoms with Crippen molar-refractivity contribution in [2.24, 2.45) is 0 Å². The molecule has 1 aliphatic rings. The third kappa shape index (κ3) is 2.72. The van der Waals surface area contributed by atoms with E-state index in [9.17, 15) is 18.0 Å². The van der Waals surface area contributed by atoms with Crippen molar-refractivity contribution in [3.63, 3.8) is 0 Å². The number of fused-ring (bicyclic) bond motifs is 1. The zero-order chi connectivity index (χ0) is 14.2. The number of carbonyl (C=O) groups is 2.